The van der Waals surface area contributed by atoms with Crippen molar-refractivity contribution in [2.45, 2.75) is 0 Å². The summed E-state index contributed by atoms with van der Waals surface area (Å²) < 4.78 is 13.1. The van der Waals surface area contributed by atoms with E-state index in [4.69, 9.17) is 8.83 Å². The quantitative estimate of drug-likeness (QED) is 0.170. The first-order valence-corrected chi connectivity index (χ1v) is 18.0. The molecule has 0 aliphatic rings. The van der Waals surface area contributed by atoms with Gasteiger partial charge in [0.25, 0.3) is 0 Å². The maximum Gasteiger partial charge on any atom is 0.159 e. The third-order valence-electron chi connectivity index (χ3n) is 10.7. The van der Waals surface area contributed by atoms with Crippen LogP contribution in [0.1, 0.15) is 0 Å². The van der Waals surface area contributed by atoms with Crippen LogP contribution in [0.25, 0.3) is 87.7 Å². The number of furan rings is 2. The molecule has 0 unspecified atom stereocenters. The van der Waals surface area contributed by atoms with Gasteiger partial charge in [-0.15, -0.1) is 0 Å². The van der Waals surface area contributed by atoms with Crippen LogP contribution in [0, 0.1) is 0 Å². The Balaban J connectivity index is 1.08. The molecular weight excluding hydrogens is 647 g/mol. The molecule has 9 aromatic carbocycles. The molecule has 0 saturated carbocycles. The molecule has 0 radical (unpaired) electrons. The molecule has 11 rings (SSSR count). The topological polar surface area (TPSA) is 29.5 Å². The highest BCUT2D eigenvalue weighted by molar-refractivity contribution is 6.12. The highest BCUT2D eigenvalue weighted by Gasteiger charge is 2.21. The van der Waals surface area contributed by atoms with E-state index >= 15 is 0 Å². The number of benzene rings is 9. The van der Waals surface area contributed by atoms with Crippen molar-refractivity contribution in [1.29, 1.82) is 0 Å². The van der Waals surface area contributed by atoms with E-state index < -0.39 is 0 Å². The fraction of sp³-hybridized carbons (Fsp3) is 0. The molecule has 0 fully saturated rings. The van der Waals surface area contributed by atoms with Crippen LogP contribution in [0.3, 0.4) is 0 Å². The van der Waals surface area contributed by atoms with Gasteiger partial charge in [-0.05, 0) is 104 Å². The number of hydrogen-bond donors (Lipinski definition) is 0. The Hall–Kier alpha value is -7.10. The van der Waals surface area contributed by atoms with Gasteiger partial charge < -0.3 is 13.7 Å². The summed E-state index contributed by atoms with van der Waals surface area (Å²) in [5, 5.41) is 9.37. The zero-order valence-corrected chi connectivity index (χ0v) is 28.7. The van der Waals surface area contributed by atoms with Gasteiger partial charge in [-0.2, -0.15) is 0 Å². The molecule has 0 amide bonds. The summed E-state index contributed by atoms with van der Waals surface area (Å²) in [5.41, 5.74) is 11.1. The lowest BCUT2D eigenvalue weighted by molar-refractivity contribution is 0.669. The Bertz CT molecular complexity index is 3170. The van der Waals surface area contributed by atoms with E-state index in [1.807, 2.05) is 18.2 Å². The van der Waals surface area contributed by atoms with E-state index in [0.29, 0.717) is 0 Å². The van der Waals surface area contributed by atoms with Gasteiger partial charge in [-0.1, -0.05) is 127 Å². The number of anilines is 3. The highest BCUT2D eigenvalue weighted by atomic mass is 16.3. The minimum atomic E-state index is 0.843. The van der Waals surface area contributed by atoms with Crippen LogP contribution in [-0.2, 0) is 0 Å². The normalized spacial score (nSPS) is 11.8. The number of fused-ring (bicyclic) bond motifs is 9. The molecule has 3 nitrogen and oxygen atoms in total. The zero-order chi connectivity index (χ0) is 34.9. The largest absolute Gasteiger partial charge is 0.456 e. The summed E-state index contributed by atoms with van der Waals surface area (Å²) in [7, 11) is 0. The average Bonchev–Trinajstić information content (AvgIpc) is 3.79. The minimum Gasteiger partial charge on any atom is -0.456 e. The van der Waals surface area contributed by atoms with Crippen LogP contribution in [0.4, 0.5) is 17.1 Å². The van der Waals surface area contributed by atoms with Crippen LogP contribution in [0.15, 0.2) is 197 Å². The van der Waals surface area contributed by atoms with Gasteiger partial charge in [0.15, 0.2) is 5.58 Å². The standard InChI is InChI=1S/C50H31NO2/c1-2-9-32(10-3-1)37-23-27-42-43-14-8-15-46(50(43)53-49(42)30-37)51(39-26-28-48-45(31-39)41-13-6-7-16-47(41)52-48)38-24-21-33(22-25-38)36-20-19-35-18-17-34-11-4-5-12-40(34)44(35)29-36/h1-31H. The Morgan fingerprint density at radius 1 is 0.302 bits per heavy atom. The summed E-state index contributed by atoms with van der Waals surface area (Å²) in [6, 6.07) is 66.8. The fourth-order valence-electron chi connectivity index (χ4n) is 8.03. The second-order valence-electron chi connectivity index (χ2n) is 13.7. The summed E-state index contributed by atoms with van der Waals surface area (Å²) in [4.78, 5) is 2.31. The van der Waals surface area contributed by atoms with Crippen LogP contribution in [-0.4, -0.2) is 0 Å². The first-order chi connectivity index (χ1) is 26.2. The lowest BCUT2D eigenvalue weighted by Crippen LogP contribution is -2.10. The summed E-state index contributed by atoms with van der Waals surface area (Å²) in [6.07, 6.45) is 0. The van der Waals surface area contributed by atoms with Crippen molar-refractivity contribution in [3.05, 3.63) is 188 Å². The van der Waals surface area contributed by atoms with Gasteiger partial charge in [0.2, 0.25) is 0 Å². The van der Waals surface area contributed by atoms with Crippen LogP contribution in [0.2, 0.25) is 0 Å². The van der Waals surface area contributed by atoms with Crippen molar-refractivity contribution in [3.8, 4) is 22.3 Å². The molecule has 11 aromatic rings. The van der Waals surface area contributed by atoms with E-state index in [2.05, 4.69) is 175 Å². The number of nitrogens with zero attached hydrogens (tertiary/aromatic N) is 1. The lowest BCUT2D eigenvalue weighted by atomic mass is 9.97. The van der Waals surface area contributed by atoms with Crippen LogP contribution >= 0.6 is 0 Å². The molecular formula is C50H31NO2. The molecule has 2 aromatic heterocycles. The van der Waals surface area contributed by atoms with Gasteiger partial charge in [0.05, 0.1) is 5.69 Å². The third-order valence-corrected chi connectivity index (χ3v) is 10.7. The molecule has 0 aliphatic carbocycles. The first-order valence-electron chi connectivity index (χ1n) is 18.0. The molecule has 0 bridgehead atoms. The lowest BCUT2D eigenvalue weighted by Gasteiger charge is -2.26. The van der Waals surface area contributed by atoms with Gasteiger partial charge >= 0.3 is 0 Å². The monoisotopic (exact) mass is 677 g/mol. The predicted molar refractivity (Wildman–Crippen MR) is 222 cm³/mol. The maximum absolute atomic E-state index is 6.82. The summed E-state index contributed by atoms with van der Waals surface area (Å²) in [6.45, 7) is 0. The molecule has 0 aliphatic heterocycles. The van der Waals surface area contributed by atoms with Crippen LogP contribution < -0.4 is 4.90 Å². The van der Waals surface area contributed by atoms with Crippen LogP contribution in [0.5, 0.6) is 0 Å². The molecule has 3 heteroatoms. The second kappa shape index (κ2) is 11.7. The molecule has 53 heavy (non-hydrogen) atoms. The Morgan fingerprint density at radius 3 is 1.81 bits per heavy atom. The molecule has 2 heterocycles. The van der Waals surface area contributed by atoms with E-state index in [9.17, 15) is 0 Å². The molecule has 0 atom stereocenters. The minimum absolute atomic E-state index is 0.843. The molecule has 248 valence electrons. The Kier molecular flexibility index (Phi) is 6.55. The smallest absolute Gasteiger partial charge is 0.159 e. The van der Waals surface area contributed by atoms with Crippen molar-refractivity contribution < 1.29 is 8.83 Å². The number of rotatable bonds is 5. The van der Waals surface area contributed by atoms with Gasteiger partial charge in [0.1, 0.15) is 16.7 Å². The first kappa shape index (κ1) is 29.6. The van der Waals surface area contributed by atoms with E-state index in [1.54, 1.807) is 0 Å². The number of para-hydroxylation sites is 2. The highest BCUT2D eigenvalue weighted by Crippen LogP contribution is 2.44. The van der Waals surface area contributed by atoms with E-state index in [0.717, 1.165) is 77.6 Å². The Labute approximate surface area is 305 Å². The van der Waals surface area contributed by atoms with E-state index in [-0.39, 0.29) is 0 Å². The Morgan fingerprint density at radius 2 is 0.925 bits per heavy atom. The molecule has 0 saturated heterocycles. The van der Waals surface area contributed by atoms with Crippen molar-refractivity contribution in [2.75, 3.05) is 4.90 Å². The SMILES string of the molecule is c1ccc(-c2ccc3c(c2)oc2c(N(c4ccc(-c5ccc6ccc7ccccc7c6c5)cc4)c4ccc5oc6ccccc6c5c4)cccc23)cc1. The van der Waals surface area contributed by atoms with Crippen molar-refractivity contribution >= 4 is 82.5 Å². The number of hydrogen-bond acceptors (Lipinski definition) is 3. The summed E-state index contributed by atoms with van der Waals surface area (Å²) >= 11 is 0. The van der Waals surface area contributed by atoms with E-state index in [1.165, 1.54) is 27.1 Å². The summed E-state index contributed by atoms with van der Waals surface area (Å²) in [5.74, 6) is 0. The molecule has 0 N–H and O–H groups in total. The average molecular weight is 678 g/mol. The van der Waals surface area contributed by atoms with Gasteiger partial charge in [-0.3, -0.25) is 0 Å². The zero-order valence-electron chi connectivity index (χ0n) is 28.7. The maximum atomic E-state index is 6.82. The third kappa shape index (κ3) is 4.82. The second-order valence-corrected chi connectivity index (χ2v) is 13.7. The van der Waals surface area contributed by atoms with Crippen molar-refractivity contribution in [1.82, 2.24) is 0 Å². The van der Waals surface area contributed by atoms with Crippen molar-refractivity contribution in [3.63, 3.8) is 0 Å². The van der Waals surface area contributed by atoms with Gasteiger partial charge in [0, 0.05) is 32.9 Å². The van der Waals surface area contributed by atoms with Crippen molar-refractivity contribution in [2.24, 2.45) is 0 Å². The predicted octanol–water partition coefficient (Wildman–Crippen LogP) is 14.6. The fourth-order valence-corrected chi connectivity index (χ4v) is 8.03. The molecule has 0 spiro atoms. The van der Waals surface area contributed by atoms with Gasteiger partial charge in [-0.25, -0.2) is 0 Å².